The van der Waals surface area contributed by atoms with Crippen LogP contribution in [0.15, 0.2) is 196 Å². The predicted molar refractivity (Wildman–Crippen MR) is 515 cm³/mol. The Bertz CT molecular complexity index is 6160. The van der Waals surface area contributed by atoms with E-state index in [4.69, 9.17) is 4.74 Å². The molecule has 0 spiro atoms. The highest BCUT2D eigenvalue weighted by Crippen LogP contribution is 2.31. The first-order chi connectivity index (χ1) is 66.1. The molecule has 4 aliphatic heterocycles. The van der Waals surface area contributed by atoms with Crippen molar-refractivity contribution < 1.29 is 61.0 Å². The van der Waals surface area contributed by atoms with E-state index in [1.165, 1.54) is 42.6 Å². The van der Waals surface area contributed by atoms with Crippen LogP contribution in [-0.4, -0.2) is 287 Å². The molecule has 0 saturated carbocycles. The standard InChI is InChI=1S/C24H31N9O2.C23H25F3N8O2.C23H28N8O3.C23H27N7O3/c1-16-13-31(14-17(2)33(16)18(3)34)22-12-21(10-11-25-22)32-15-26-23(29-32)27-19-6-8-20(9-7-19)28-24(35)30(4)5;1-14-11-32(12-15(2)34(14)16(3)35)20-10-19(8-9-27-20)33-13-28-22(31-33)30-18-6-4-17(5-7-18)29-21(36)23(24,25)26;1-15-12-29(13-16(2)31(15)17(3)32)21-11-20(9-10-24-21)30-14-25-22(28-30)26-18-5-7-19(8-6-18)27-23(33)34-4;1-3-33-22(32)18-5-7-19(8-6-18)26-23-25-16-30(27-23)20-9-10-24-21(15-20)29-12-4-11-28(13-14-29)17(2)31/h6-12,15-17H,13-14H2,1-5H3,(H,27,29)(H,28,35);4-10,13-15H,11-12H2,1-3H3,(H,29,36)(H,30,31);5-11,14-16H,12-13H2,1-4H3,(H,26,28)(H,27,33);5-10,15-16H,3-4,11-14H2,1-2H3,(H,26,27)/t16-,17+;14-,15+;15-,16+;. The number of hydrogen-bond acceptors (Lipinski definition) is 30. The van der Waals surface area contributed by atoms with Gasteiger partial charge < -0.3 is 85.5 Å². The van der Waals surface area contributed by atoms with Crippen LogP contribution in [0.1, 0.15) is 92.9 Å². The van der Waals surface area contributed by atoms with Crippen LogP contribution < -0.4 is 56.8 Å². The summed E-state index contributed by atoms with van der Waals surface area (Å²) in [5, 5.41) is 37.6. The maximum atomic E-state index is 12.4. The number of esters is 1. The molecule has 6 atom stereocenters. The van der Waals surface area contributed by atoms with Crippen LogP contribution in [0.4, 0.5) is 110 Å². The maximum absolute atomic E-state index is 12.4. The molecule has 16 rings (SSSR count). The molecule has 724 valence electrons. The summed E-state index contributed by atoms with van der Waals surface area (Å²) in [5.41, 5.74) is 7.92. The van der Waals surface area contributed by atoms with E-state index in [0.717, 1.165) is 102 Å². The minimum atomic E-state index is -4.96. The molecule has 0 unspecified atom stereocenters. The van der Waals surface area contributed by atoms with Gasteiger partial charge in [-0.15, -0.1) is 20.4 Å². The third-order valence-electron chi connectivity index (χ3n) is 22.7. The molecule has 4 saturated heterocycles. The lowest BCUT2D eigenvalue weighted by Gasteiger charge is -2.44. The molecule has 0 radical (unpaired) electrons. The number of benzene rings is 4. The zero-order valence-electron chi connectivity index (χ0n) is 78.8. The number of hydrogen-bond donors (Lipinski definition) is 7. The highest BCUT2D eigenvalue weighted by Gasteiger charge is 2.39. The van der Waals surface area contributed by atoms with E-state index in [-0.39, 0.29) is 83.5 Å². The molecule has 4 fully saturated rings. The highest BCUT2D eigenvalue weighted by molar-refractivity contribution is 5.95. The van der Waals surface area contributed by atoms with E-state index < -0.39 is 18.2 Å². The first-order valence-corrected chi connectivity index (χ1v) is 44.6. The van der Waals surface area contributed by atoms with Gasteiger partial charge in [0.1, 0.15) is 48.6 Å². The molecular formula is C93H111F3N32O10. The zero-order chi connectivity index (χ0) is 98.6. The molecule has 4 aromatic carbocycles. The molecule has 42 nitrogen and oxygen atoms in total. The summed E-state index contributed by atoms with van der Waals surface area (Å²) in [4.78, 5) is 147. The van der Waals surface area contributed by atoms with Crippen LogP contribution in [0.2, 0.25) is 0 Å². The van der Waals surface area contributed by atoms with Crippen LogP contribution in [0.5, 0.6) is 0 Å². The number of carbonyl (C=O) groups is 8. The van der Waals surface area contributed by atoms with Gasteiger partial charge >= 0.3 is 30.2 Å². The van der Waals surface area contributed by atoms with Crippen LogP contribution in [0.3, 0.4) is 0 Å². The quantitative estimate of drug-likeness (QED) is 0.0329. The number of urea groups is 1. The van der Waals surface area contributed by atoms with Crippen molar-refractivity contribution >= 4 is 135 Å². The van der Waals surface area contributed by atoms with Crippen LogP contribution in [-0.2, 0) is 33.4 Å². The van der Waals surface area contributed by atoms with Crippen LogP contribution in [0, 0.1) is 0 Å². The summed E-state index contributed by atoms with van der Waals surface area (Å²) in [6.45, 7) is 28.0. The lowest BCUT2D eigenvalue weighted by molar-refractivity contribution is -0.167. The summed E-state index contributed by atoms with van der Waals surface area (Å²) in [6, 6.07) is 42.6. The number of nitrogens with one attached hydrogen (secondary N) is 7. The Morgan fingerprint density at radius 1 is 0.384 bits per heavy atom. The van der Waals surface area contributed by atoms with E-state index in [9.17, 15) is 51.5 Å². The maximum Gasteiger partial charge on any atom is 0.471 e. The molecule has 0 aliphatic carbocycles. The zero-order valence-corrected chi connectivity index (χ0v) is 78.8. The van der Waals surface area contributed by atoms with Gasteiger partial charge in [-0.1, -0.05) is 0 Å². The number of halogens is 3. The Kier molecular flexibility index (Phi) is 32.4. The number of ether oxygens (including phenoxy) is 2. The summed E-state index contributed by atoms with van der Waals surface area (Å²) in [7, 11) is 4.69. The summed E-state index contributed by atoms with van der Waals surface area (Å²) in [6.07, 6.45) is 8.79. The number of amides is 8. The smallest absolute Gasteiger partial charge is 0.462 e. The molecule has 45 heteroatoms. The van der Waals surface area contributed by atoms with E-state index >= 15 is 0 Å². The normalized spacial score (nSPS) is 17.0. The minimum absolute atomic E-state index is 0.0125. The second-order valence-corrected chi connectivity index (χ2v) is 33.4. The summed E-state index contributed by atoms with van der Waals surface area (Å²) in [5.74, 6) is 2.84. The molecule has 12 heterocycles. The highest BCUT2D eigenvalue weighted by atomic mass is 19.4. The Morgan fingerprint density at radius 2 is 0.688 bits per heavy atom. The number of carbonyl (C=O) groups excluding carboxylic acids is 8. The van der Waals surface area contributed by atoms with E-state index in [0.29, 0.717) is 79.8 Å². The first-order valence-electron chi connectivity index (χ1n) is 44.6. The number of rotatable bonds is 21. The fourth-order valence-corrected chi connectivity index (χ4v) is 16.5. The molecule has 12 aromatic rings. The van der Waals surface area contributed by atoms with Gasteiger partial charge in [0.15, 0.2) is 0 Å². The van der Waals surface area contributed by atoms with Gasteiger partial charge in [0.05, 0.1) is 42.0 Å². The molecule has 8 aromatic heterocycles. The number of aromatic nitrogens is 16. The SMILES string of the molecule is CC(=O)N1[C@H](C)CN(c2cc(-n3cnc(Nc4ccc(NC(=O)C(F)(F)F)cc4)n3)ccn2)C[C@@H]1C.CC(=O)N1[C@H](C)CN(c2cc(-n3cnc(Nc4ccc(NC(=O)N(C)C)cc4)n3)ccn2)C[C@@H]1C.CCOC(=O)c1ccc(Nc2ncn(-c3ccnc(N4CCCN(C(C)=O)CC4)c3)n2)cc1.COC(=O)Nc1ccc(Nc2ncn(-c3ccnc(N4C[C@@H](C)N(C(C)=O)[C@@H](C)C4)c3)n2)cc1. The summed E-state index contributed by atoms with van der Waals surface area (Å²) >= 11 is 0. The fraction of sp³-hybridized carbons (Fsp3) is 0.355. The number of nitrogens with zero attached hydrogens (tertiary/aromatic N) is 25. The van der Waals surface area contributed by atoms with Gasteiger partial charge in [0, 0.05) is 232 Å². The van der Waals surface area contributed by atoms with Crippen molar-refractivity contribution in [2.75, 3.05) is 150 Å². The number of anilines is 15. The lowest BCUT2D eigenvalue weighted by atomic mass is 10.1. The molecular weight excluding hydrogens is 1780 g/mol. The van der Waals surface area contributed by atoms with E-state index in [1.807, 2.05) is 100 Å². The number of methoxy groups -OCH3 is 1. The molecule has 4 aliphatic rings. The number of pyridine rings is 4. The monoisotopic (exact) mass is 1890 g/mol. The topological polar surface area (TPSA) is 443 Å². The molecule has 138 heavy (non-hydrogen) atoms. The Labute approximate surface area is 794 Å². The average molecular weight is 1890 g/mol. The van der Waals surface area contributed by atoms with Crippen molar-refractivity contribution in [2.24, 2.45) is 0 Å². The van der Waals surface area contributed by atoms with Gasteiger partial charge in [-0.25, -0.2) is 53.0 Å². The predicted octanol–water partition coefficient (Wildman–Crippen LogP) is 12.0. The Morgan fingerprint density at radius 3 is 0.986 bits per heavy atom. The van der Waals surface area contributed by atoms with Gasteiger partial charge in [-0.3, -0.25) is 29.3 Å². The van der Waals surface area contributed by atoms with Crippen LogP contribution >= 0.6 is 0 Å². The Balaban J connectivity index is 0.000000155. The number of alkyl halides is 3. The van der Waals surface area contributed by atoms with Crippen molar-refractivity contribution in [1.82, 2.24) is 103 Å². The minimum Gasteiger partial charge on any atom is -0.462 e. The Hall–Kier alpha value is -16.4. The summed E-state index contributed by atoms with van der Waals surface area (Å²) < 4.78 is 53.4. The molecule has 8 amide bonds. The average Bonchev–Trinajstić information content (AvgIpc) is 1.17. The van der Waals surface area contributed by atoms with Crippen LogP contribution in [0.25, 0.3) is 22.7 Å². The molecule has 7 N–H and O–H groups in total. The lowest BCUT2D eigenvalue weighted by Crippen LogP contribution is -2.58. The number of piperazine rings is 3. The van der Waals surface area contributed by atoms with Crippen molar-refractivity contribution in [2.45, 2.75) is 125 Å². The van der Waals surface area contributed by atoms with Crippen molar-refractivity contribution in [1.29, 1.82) is 0 Å². The van der Waals surface area contributed by atoms with Crippen molar-refractivity contribution in [3.05, 3.63) is 201 Å². The van der Waals surface area contributed by atoms with Gasteiger partial charge in [0.2, 0.25) is 47.4 Å². The third kappa shape index (κ3) is 26.2. The van der Waals surface area contributed by atoms with E-state index in [2.05, 4.69) is 144 Å². The molecule has 0 bridgehead atoms. The van der Waals surface area contributed by atoms with Crippen molar-refractivity contribution in [3.63, 3.8) is 0 Å². The second kappa shape index (κ2) is 45.1. The van der Waals surface area contributed by atoms with Gasteiger partial charge in [-0.05, 0) is 176 Å². The van der Waals surface area contributed by atoms with Crippen molar-refractivity contribution in [3.8, 4) is 22.7 Å². The third-order valence-corrected chi connectivity index (χ3v) is 22.7. The van der Waals surface area contributed by atoms with E-state index in [1.54, 1.807) is 171 Å². The largest absolute Gasteiger partial charge is 0.471 e. The van der Waals surface area contributed by atoms with Gasteiger partial charge in [0.25, 0.3) is 0 Å². The fourth-order valence-electron chi connectivity index (χ4n) is 16.5. The van der Waals surface area contributed by atoms with Gasteiger partial charge in [-0.2, -0.15) is 33.1 Å². The second-order valence-electron chi connectivity index (χ2n) is 33.4. The first kappa shape index (κ1) is 99.1.